The highest BCUT2D eigenvalue weighted by Crippen LogP contribution is 2.15. The summed E-state index contributed by atoms with van der Waals surface area (Å²) in [5.74, 6) is 0.0413. The molecule has 1 aliphatic rings. The predicted molar refractivity (Wildman–Crippen MR) is 45.7 cm³/mol. The summed E-state index contributed by atoms with van der Waals surface area (Å²) in [5.41, 5.74) is 1.18. The SMILES string of the molecule is CCC1=CC(CC)C(=O)N=C1. The normalized spacial score (nSPS) is 23.6. The second-order valence-corrected chi connectivity index (χ2v) is 2.71. The zero-order valence-electron chi connectivity index (χ0n) is 7.00. The van der Waals surface area contributed by atoms with Crippen molar-refractivity contribution in [2.45, 2.75) is 26.7 Å². The molecule has 0 saturated carbocycles. The zero-order chi connectivity index (χ0) is 8.27. The van der Waals surface area contributed by atoms with E-state index in [-0.39, 0.29) is 11.8 Å². The molecule has 1 amide bonds. The second kappa shape index (κ2) is 3.46. The smallest absolute Gasteiger partial charge is 0.252 e. The first-order valence-electron chi connectivity index (χ1n) is 4.06. The third-order valence-corrected chi connectivity index (χ3v) is 1.94. The largest absolute Gasteiger partial charge is 0.272 e. The summed E-state index contributed by atoms with van der Waals surface area (Å²) < 4.78 is 0. The molecule has 1 unspecified atom stereocenters. The molecule has 0 radical (unpaired) electrons. The van der Waals surface area contributed by atoms with Crippen LogP contribution in [-0.4, -0.2) is 12.1 Å². The number of hydrogen-bond acceptors (Lipinski definition) is 1. The van der Waals surface area contributed by atoms with E-state index in [2.05, 4.69) is 11.9 Å². The lowest BCUT2D eigenvalue weighted by atomic mass is 9.99. The Kier molecular flexibility index (Phi) is 2.58. The molecule has 0 spiro atoms. The number of allylic oxidation sites excluding steroid dienone is 1. The van der Waals surface area contributed by atoms with Gasteiger partial charge in [0.25, 0.3) is 5.91 Å². The molecule has 0 saturated heterocycles. The van der Waals surface area contributed by atoms with Crippen molar-refractivity contribution in [2.24, 2.45) is 10.9 Å². The summed E-state index contributed by atoms with van der Waals surface area (Å²) in [6, 6.07) is 0. The van der Waals surface area contributed by atoms with Crippen LogP contribution in [0.3, 0.4) is 0 Å². The van der Waals surface area contributed by atoms with E-state index in [1.54, 1.807) is 6.21 Å². The van der Waals surface area contributed by atoms with Gasteiger partial charge in [-0.05, 0) is 18.4 Å². The lowest BCUT2D eigenvalue weighted by Crippen LogP contribution is -2.13. The highest BCUT2D eigenvalue weighted by molar-refractivity contribution is 5.97. The first-order chi connectivity index (χ1) is 5.27. The molecule has 0 aromatic heterocycles. The monoisotopic (exact) mass is 151 g/mol. The minimum Gasteiger partial charge on any atom is -0.272 e. The maximum atomic E-state index is 11.0. The van der Waals surface area contributed by atoms with E-state index >= 15 is 0 Å². The Hall–Kier alpha value is -0.920. The van der Waals surface area contributed by atoms with E-state index < -0.39 is 0 Å². The van der Waals surface area contributed by atoms with Crippen molar-refractivity contribution < 1.29 is 4.79 Å². The molecule has 1 aliphatic heterocycles. The number of carbonyl (C=O) groups excluding carboxylic acids is 1. The lowest BCUT2D eigenvalue weighted by Gasteiger charge is -2.11. The number of carbonyl (C=O) groups is 1. The molecule has 0 bridgehead atoms. The Morgan fingerprint density at radius 3 is 2.82 bits per heavy atom. The number of amides is 1. The van der Waals surface area contributed by atoms with Gasteiger partial charge < -0.3 is 0 Å². The Morgan fingerprint density at radius 1 is 1.55 bits per heavy atom. The first-order valence-corrected chi connectivity index (χ1v) is 4.06. The molecular weight excluding hydrogens is 138 g/mol. The summed E-state index contributed by atoms with van der Waals surface area (Å²) >= 11 is 0. The van der Waals surface area contributed by atoms with Crippen LogP contribution in [0.1, 0.15) is 26.7 Å². The van der Waals surface area contributed by atoms with Crippen LogP contribution >= 0.6 is 0 Å². The Labute approximate surface area is 67.0 Å². The fourth-order valence-corrected chi connectivity index (χ4v) is 1.12. The molecule has 0 aromatic carbocycles. The second-order valence-electron chi connectivity index (χ2n) is 2.71. The van der Waals surface area contributed by atoms with Crippen LogP contribution in [0.5, 0.6) is 0 Å². The van der Waals surface area contributed by atoms with E-state index in [4.69, 9.17) is 0 Å². The van der Waals surface area contributed by atoms with Gasteiger partial charge in [0.2, 0.25) is 0 Å². The van der Waals surface area contributed by atoms with Gasteiger partial charge in [-0.3, -0.25) is 4.79 Å². The van der Waals surface area contributed by atoms with Gasteiger partial charge in [-0.2, -0.15) is 0 Å². The molecule has 2 heteroatoms. The summed E-state index contributed by atoms with van der Waals surface area (Å²) in [4.78, 5) is 14.8. The van der Waals surface area contributed by atoms with Gasteiger partial charge in [-0.15, -0.1) is 0 Å². The van der Waals surface area contributed by atoms with E-state index in [9.17, 15) is 4.79 Å². The van der Waals surface area contributed by atoms with Crippen LogP contribution in [0.15, 0.2) is 16.6 Å². The molecule has 0 aromatic rings. The molecular formula is C9H13NO. The Morgan fingerprint density at radius 2 is 2.27 bits per heavy atom. The minimum absolute atomic E-state index is 0.00435. The number of dihydropyridines is 1. The maximum absolute atomic E-state index is 11.0. The van der Waals surface area contributed by atoms with Crippen LogP contribution < -0.4 is 0 Å². The van der Waals surface area contributed by atoms with E-state index in [1.807, 2.05) is 13.0 Å². The average molecular weight is 151 g/mol. The van der Waals surface area contributed by atoms with Crippen LogP contribution in [0, 0.1) is 5.92 Å². The Bertz CT molecular complexity index is 216. The van der Waals surface area contributed by atoms with E-state index in [0.29, 0.717) is 0 Å². The lowest BCUT2D eigenvalue weighted by molar-refractivity contribution is -0.120. The molecule has 2 nitrogen and oxygen atoms in total. The van der Waals surface area contributed by atoms with Crippen LogP contribution in [0.2, 0.25) is 0 Å². The number of hydrogen-bond donors (Lipinski definition) is 0. The molecule has 60 valence electrons. The highest BCUT2D eigenvalue weighted by atomic mass is 16.1. The topological polar surface area (TPSA) is 29.4 Å². The molecule has 1 atom stereocenters. The maximum Gasteiger partial charge on any atom is 0.252 e. The van der Waals surface area contributed by atoms with Gasteiger partial charge in [0.1, 0.15) is 0 Å². The van der Waals surface area contributed by atoms with Crippen molar-refractivity contribution in [3.63, 3.8) is 0 Å². The van der Waals surface area contributed by atoms with Gasteiger partial charge in [0.05, 0.1) is 5.92 Å². The van der Waals surface area contributed by atoms with Gasteiger partial charge in [0, 0.05) is 6.21 Å². The zero-order valence-corrected chi connectivity index (χ0v) is 7.00. The van der Waals surface area contributed by atoms with Crippen molar-refractivity contribution >= 4 is 12.1 Å². The average Bonchev–Trinajstić information content (AvgIpc) is 2.05. The standard InChI is InChI=1S/C9H13NO/c1-3-7-5-8(4-2)9(11)10-6-7/h5-6,8H,3-4H2,1-2H3. The van der Waals surface area contributed by atoms with Crippen LogP contribution in [0.4, 0.5) is 0 Å². The fraction of sp³-hybridized carbons (Fsp3) is 0.556. The molecule has 0 N–H and O–H groups in total. The minimum atomic E-state index is 0.00435. The number of rotatable bonds is 2. The number of nitrogens with zero attached hydrogens (tertiary/aromatic N) is 1. The summed E-state index contributed by atoms with van der Waals surface area (Å²) in [5, 5.41) is 0. The summed E-state index contributed by atoms with van der Waals surface area (Å²) in [6.45, 7) is 4.08. The quantitative estimate of drug-likeness (QED) is 0.593. The third-order valence-electron chi connectivity index (χ3n) is 1.94. The van der Waals surface area contributed by atoms with Crippen LogP contribution in [-0.2, 0) is 4.79 Å². The van der Waals surface area contributed by atoms with Gasteiger partial charge in [-0.25, -0.2) is 4.99 Å². The van der Waals surface area contributed by atoms with Crippen molar-refractivity contribution in [2.75, 3.05) is 0 Å². The third kappa shape index (κ3) is 1.76. The molecule has 1 rings (SSSR count). The van der Waals surface area contributed by atoms with Crippen molar-refractivity contribution in [1.29, 1.82) is 0 Å². The van der Waals surface area contributed by atoms with Gasteiger partial charge in [0.15, 0.2) is 0 Å². The highest BCUT2D eigenvalue weighted by Gasteiger charge is 2.15. The van der Waals surface area contributed by atoms with Gasteiger partial charge in [-0.1, -0.05) is 19.9 Å². The van der Waals surface area contributed by atoms with Crippen LogP contribution in [0.25, 0.3) is 0 Å². The summed E-state index contributed by atoms with van der Waals surface area (Å²) in [7, 11) is 0. The fourth-order valence-electron chi connectivity index (χ4n) is 1.12. The summed E-state index contributed by atoms with van der Waals surface area (Å²) in [6.07, 6.45) is 5.52. The van der Waals surface area contributed by atoms with Crippen molar-refractivity contribution in [3.8, 4) is 0 Å². The molecule has 0 fully saturated rings. The first kappa shape index (κ1) is 8.18. The van der Waals surface area contributed by atoms with Crippen molar-refractivity contribution in [1.82, 2.24) is 0 Å². The van der Waals surface area contributed by atoms with E-state index in [1.165, 1.54) is 5.57 Å². The van der Waals surface area contributed by atoms with Crippen molar-refractivity contribution in [3.05, 3.63) is 11.6 Å². The number of aliphatic imine (C=N–C) groups is 1. The molecule has 1 heterocycles. The van der Waals surface area contributed by atoms with Gasteiger partial charge >= 0.3 is 0 Å². The predicted octanol–water partition coefficient (Wildman–Crippen LogP) is 1.96. The Balaban J connectivity index is 2.75. The molecule has 0 aliphatic carbocycles. The molecule has 11 heavy (non-hydrogen) atoms. The van der Waals surface area contributed by atoms with E-state index in [0.717, 1.165) is 12.8 Å².